The second kappa shape index (κ2) is 6.41. The fourth-order valence-corrected chi connectivity index (χ4v) is 4.97. The number of carbonyl (C=O) groups is 1. The molecule has 23 heavy (non-hydrogen) atoms. The molecule has 4 atom stereocenters. The zero-order valence-electron chi connectivity index (χ0n) is 14.2. The number of hydrogen-bond acceptors (Lipinski definition) is 4. The highest BCUT2D eigenvalue weighted by atomic mass is 31.0. The van der Waals surface area contributed by atoms with Crippen molar-refractivity contribution >= 4 is 15.2 Å². The van der Waals surface area contributed by atoms with E-state index in [1.54, 1.807) is 7.11 Å². The SMILES string of the molecule is CCOC(=O)C[C@H]1C2Cc3ccc(OC)cc3[C@@]1(P)CCN2C. The van der Waals surface area contributed by atoms with Gasteiger partial charge in [-0.3, -0.25) is 4.79 Å². The first-order valence-electron chi connectivity index (χ1n) is 8.31. The van der Waals surface area contributed by atoms with Crippen LogP contribution in [-0.4, -0.2) is 44.2 Å². The maximum Gasteiger partial charge on any atom is 0.306 e. The summed E-state index contributed by atoms with van der Waals surface area (Å²) >= 11 is 0. The van der Waals surface area contributed by atoms with Crippen LogP contribution in [0.1, 0.15) is 30.9 Å². The lowest BCUT2D eigenvalue weighted by molar-refractivity contribution is -0.145. The molecule has 1 aromatic rings. The lowest BCUT2D eigenvalue weighted by Crippen LogP contribution is -2.57. The molecule has 0 amide bonds. The molecule has 0 N–H and O–H groups in total. The standard InChI is InChI=1S/C18H26NO3P/c1-4-22-17(20)11-15-16-9-12-5-6-13(21-3)10-14(12)18(15,23)7-8-19(16)2/h5-6,10,15-16H,4,7-9,11,23H2,1-3H3/t15-,16?,18-/m0/s1. The summed E-state index contributed by atoms with van der Waals surface area (Å²) < 4.78 is 10.7. The number of benzene rings is 1. The van der Waals surface area contributed by atoms with Gasteiger partial charge >= 0.3 is 5.97 Å². The van der Waals surface area contributed by atoms with Crippen LogP contribution in [0.25, 0.3) is 0 Å². The van der Waals surface area contributed by atoms with E-state index in [2.05, 4.69) is 33.3 Å². The average Bonchev–Trinajstić information content (AvgIpc) is 2.54. The fourth-order valence-electron chi connectivity index (χ4n) is 4.23. The predicted molar refractivity (Wildman–Crippen MR) is 93.9 cm³/mol. The van der Waals surface area contributed by atoms with Gasteiger partial charge in [-0.25, -0.2) is 0 Å². The summed E-state index contributed by atoms with van der Waals surface area (Å²) in [5.41, 5.74) is 2.69. The molecule has 3 rings (SSSR count). The van der Waals surface area contributed by atoms with Gasteiger partial charge in [-0.2, -0.15) is 0 Å². The van der Waals surface area contributed by atoms with Crippen molar-refractivity contribution in [2.24, 2.45) is 5.92 Å². The van der Waals surface area contributed by atoms with E-state index in [0.717, 1.165) is 25.1 Å². The summed E-state index contributed by atoms with van der Waals surface area (Å²) in [7, 11) is 6.95. The Morgan fingerprint density at radius 3 is 2.96 bits per heavy atom. The molecule has 0 saturated carbocycles. The van der Waals surface area contributed by atoms with E-state index in [1.165, 1.54) is 11.1 Å². The minimum Gasteiger partial charge on any atom is -0.497 e. The van der Waals surface area contributed by atoms with E-state index in [1.807, 2.05) is 13.0 Å². The Kier molecular flexibility index (Phi) is 4.66. The number of piperidine rings is 1. The number of esters is 1. The molecule has 4 nitrogen and oxygen atoms in total. The number of methoxy groups -OCH3 is 1. The molecule has 2 aliphatic rings. The Hall–Kier alpha value is -1.12. The van der Waals surface area contributed by atoms with Crippen LogP contribution in [0.5, 0.6) is 5.75 Å². The summed E-state index contributed by atoms with van der Waals surface area (Å²) in [5, 5.41) is -0.0773. The van der Waals surface area contributed by atoms with Crippen LogP contribution in [0.3, 0.4) is 0 Å². The quantitative estimate of drug-likeness (QED) is 0.626. The Morgan fingerprint density at radius 2 is 2.26 bits per heavy atom. The van der Waals surface area contributed by atoms with E-state index < -0.39 is 0 Å². The summed E-state index contributed by atoms with van der Waals surface area (Å²) in [6.45, 7) is 3.35. The summed E-state index contributed by atoms with van der Waals surface area (Å²) in [6.07, 6.45) is 2.48. The lowest BCUT2D eigenvalue weighted by atomic mass is 9.66. The molecule has 1 fully saturated rings. The van der Waals surface area contributed by atoms with Crippen molar-refractivity contribution in [1.29, 1.82) is 0 Å². The molecule has 1 saturated heterocycles. The van der Waals surface area contributed by atoms with Crippen molar-refractivity contribution in [3.63, 3.8) is 0 Å². The van der Waals surface area contributed by atoms with Gasteiger partial charge in [0.2, 0.25) is 0 Å². The number of likely N-dealkylation sites (N-methyl/N-ethyl adjacent to an activating group) is 1. The van der Waals surface area contributed by atoms with Crippen molar-refractivity contribution in [2.75, 3.05) is 27.3 Å². The Balaban J connectivity index is 2.01. The molecule has 2 bridgehead atoms. The summed E-state index contributed by atoms with van der Waals surface area (Å²) in [5.74, 6) is 1.05. The first-order valence-corrected chi connectivity index (χ1v) is 8.89. The largest absolute Gasteiger partial charge is 0.497 e. The highest BCUT2D eigenvalue weighted by Gasteiger charge is 2.50. The number of rotatable bonds is 4. The van der Waals surface area contributed by atoms with Crippen molar-refractivity contribution in [3.8, 4) is 5.75 Å². The van der Waals surface area contributed by atoms with E-state index in [9.17, 15) is 4.79 Å². The normalized spacial score (nSPS) is 29.7. The van der Waals surface area contributed by atoms with Gasteiger partial charge in [-0.1, -0.05) is 6.07 Å². The number of fused-ring (bicyclic) bond motifs is 4. The third kappa shape index (κ3) is 2.88. The Bertz CT molecular complexity index is 606. The third-order valence-corrected chi connectivity index (χ3v) is 6.54. The molecule has 2 unspecified atom stereocenters. The number of ether oxygens (including phenoxy) is 2. The number of hydrogen-bond donors (Lipinski definition) is 0. The minimum atomic E-state index is -0.0871. The van der Waals surface area contributed by atoms with Gasteiger partial charge in [-0.15, -0.1) is 9.24 Å². The highest BCUT2D eigenvalue weighted by Crippen LogP contribution is 2.54. The molecular formula is C18H26NO3P. The van der Waals surface area contributed by atoms with Crippen molar-refractivity contribution in [3.05, 3.63) is 29.3 Å². The second-order valence-electron chi connectivity index (χ2n) is 6.68. The zero-order chi connectivity index (χ0) is 16.6. The maximum atomic E-state index is 12.2. The van der Waals surface area contributed by atoms with Gasteiger partial charge in [0.15, 0.2) is 0 Å². The molecule has 126 valence electrons. The molecule has 5 heteroatoms. The average molecular weight is 335 g/mol. The molecule has 1 heterocycles. The second-order valence-corrected chi connectivity index (χ2v) is 7.71. The van der Waals surface area contributed by atoms with Gasteiger partial charge < -0.3 is 14.4 Å². The van der Waals surface area contributed by atoms with Crippen LogP contribution in [-0.2, 0) is 21.1 Å². The molecule has 0 radical (unpaired) electrons. The molecule has 1 aliphatic heterocycles. The monoisotopic (exact) mass is 335 g/mol. The Labute approximate surface area is 140 Å². The molecule has 1 aromatic carbocycles. The van der Waals surface area contributed by atoms with Crippen LogP contribution in [0, 0.1) is 5.92 Å². The molecule has 0 spiro atoms. The van der Waals surface area contributed by atoms with Gasteiger partial charge in [0, 0.05) is 11.2 Å². The highest BCUT2D eigenvalue weighted by molar-refractivity contribution is 7.18. The predicted octanol–water partition coefficient (Wildman–Crippen LogP) is 2.60. The molecular weight excluding hydrogens is 309 g/mol. The van der Waals surface area contributed by atoms with Crippen LogP contribution >= 0.6 is 9.24 Å². The summed E-state index contributed by atoms with van der Waals surface area (Å²) in [6, 6.07) is 6.75. The van der Waals surface area contributed by atoms with Crippen molar-refractivity contribution < 1.29 is 14.3 Å². The first kappa shape index (κ1) is 16.7. The topological polar surface area (TPSA) is 38.8 Å². The Morgan fingerprint density at radius 1 is 1.48 bits per heavy atom. The van der Waals surface area contributed by atoms with E-state index in [0.29, 0.717) is 19.1 Å². The number of nitrogens with zero attached hydrogens (tertiary/aromatic N) is 1. The van der Waals surface area contributed by atoms with Gasteiger partial charge in [-0.05, 0) is 62.5 Å². The minimum absolute atomic E-state index is 0.0773. The zero-order valence-corrected chi connectivity index (χ0v) is 15.3. The van der Waals surface area contributed by atoms with Gasteiger partial charge in [0.05, 0.1) is 20.1 Å². The van der Waals surface area contributed by atoms with E-state index in [-0.39, 0.29) is 17.0 Å². The smallest absolute Gasteiger partial charge is 0.306 e. The van der Waals surface area contributed by atoms with Crippen LogP contribution < -0.4 is 4.74 Å². The third-order valence-electron chi connectivity index (χ3n) is 5.51. The maximum absolute atomic E-state index is 12.2. The number of carbonyl (C=O) groups excluding carboxylic acids is 1. The summed E-state index contributed by atoms with van der Waals surface area (Å²) in [4.78, 5) is 14.6. The number of likely N-dealkylation sites (tertiary alicyclic amines) is 1. The lowest BCUT2D eigenvalue weighted by Gasteiger charge is -2.54. The first-order chi connectivity index (χ1) is 11.0. The van der Waals surface area contributed by atoms with E-state index >= 15 is 0 Å². The fraction of sp³-hybridized carbons (Fsp3) is 0.611. The van der Waals surface area contributed by atoms with Gasteiger partial charge in [0.1, 0.15) is 5.75 Å². The van der Waals surface area contributed by atoms with E-state index in [4.69, 9.17) is 9.47 Å². The van der Waals surface area contributed by atoms with Crippen LogP contribution in [0.15, 0.2) is 18.2 Å². The molecule has 0 aromatic heterocycles. The van der Waals surface area contributed by atoms with Crippen LogP contribution in [0.2, 0.25) is 0 Å². The molecule has 1 aliphatic carbocycles. The van der Waals surface area contributed by atoms with Crippen molar-refractivity contribution in [2.45, 2.75) is 37.4 Å². The van der Waals surface area contributed by atoms with Crippen molar-refractivity contribution in [1.82, 2.24) is 4.90 Å². The van der Waals surface area contributed by atoms with Crippen LogP contribution in [0.4, 0.5) is 0 Å². The van der Waals surface area contributed by atoms with Gasteiger partial charge in [0.25, 0.3) is 0 Å².